The SMILES string of the molecule is CCCCCCCCCC[Si](Cl)(Cl)CCCCCCF. The molecule has 0 bridgehead atoms. The van der Waals surface area contributed by atoms with Crippen molar-refractivity contribution in [2.24, 2.45) is 0 Å². The molecule has 0 amide bonds. The molecule has 0 fully saturated rings. The van der Waals surface area contributed by atoms with Crippen molar-refractivity contribution in [1.29, 1.82) is 0 Å². The lowest BCUT2D eigenvalue weighted by Crippen LogP contribution is -2.18. The van der Waals surface area contributed by atoms with E-state index in [0.717, 1.165) is 31.4 Å². The average molecular weight is 343 g/mol. The zero-order valence-corrected chi connectivity index (χ0v) is 15.8. The Morgan fingerprint density at radius 2 is 1.05 bits per heavy atom. The smallest absolute Gasteiger partial charge is 0.251 e. The summed E-state index contributed by atoms with van der Waals surface area (Å²) < 4.78 is 11.9. The predicted octanol–water partition coefficient (Wildman–Crippen LogP) is 7.58. The molecule has 0 saturated carbocycles. The van der Waals surface area contributed by atoms with Crippen LogP contribution in [-0.4, -0.2) is 13.4 Å². The summed E-state index contributed by atoms with van der Waals surface area (Å²) in [6.45, 7) is 0.0669. The highest BCUT2D eigenvalue weighted by Gasteiger charge is 2.26. The molecule has 0 aromatic carbocycles. The van der Waals surface area contributed by atoms with E-state index < -0.39 is 6.69 Å². The first kappa shape index (κ1) is 20.7. The van der Waals surface area contributed by atoms with Crippen LogP contribution in [0.25, 0.3) is 0 Å². The Hall–Kier alpha value is 0.727. The zero-order valence-electron chi connectivity index (χ0n) is 13.2. The van der Waals surface area contributed by atoms with Gasteiger partial charge in [0.2, 0.25) is 0 Å². The van der Waals surface area contributed by atoms with E-state index in [2.05, 4.69) is 6.92 Å². The van der Waals surface area contributed by atoms with Crippen LogP contribution in [0.4, 0.5) is 4.39 Å². The predicted molar refractivity (Wildman–Crippen MR) is 94.1 cm³/mol. The monoisotopic (exact) mass is 342 g/mol. The summed E-state index contributed by atoms with van der Waals surface area (Å²) in [7, 11) is 0. The fourth-order valence-corrected chi connectivity index (χ4v) is 5.86. The van der Waals surface area contributed by atoms with Gasteiger partial charge in [-0.05, 0) is 18.5 Å². The molecule has 0 aliphatic rings. The summed E-state index contributed by atoms with van der Waals surface area (Å²) in [5, 5.41) is 0. The summed E-state index contributed by atoms with van der Waals surface area (Å²) in [6.07, 6.45) is 14.5. The first-order valence-corrected chi connectivity index (χ1v) is 13.0. The van der Waals surface area contributed by atoms with Gasteiger partial charge in [0, 0.05) is 0 Å². The molecule has 0 nitrogen and oxygen atoms in total. The molecule has 0 spiro atoms. The minimum absolute atomic E-state index is 0.192. The van der Waals surface area contributed by atoms with E-state index in [1.165, 1.54) is 51.4 Å². The lowest BCUT2D eigenvalue weighted by atomic mass is 10.1. The Morgan fingerprint density at radius 1 is 0.650 bits per heavy atom. The fraction of sp³-hybridized carbons (Fsp3) is 1.00. The molecule has 0 heterocycles. The number of halogens is 3. The number of unbranched alkanes of at least 4 members (excludes halogenated alkanes) is 10. The summed E-state index contributed by atoms with van der Waals surface area (Å²) >= 11 is 12.9. The lowest BCUT2D eigenvalue weighted by Gasteiger charge is -2.16. The molecule has 0 saturated heterocycles. The van der Waals surface area contributed by atoms with Crippen molar-refractivity contribution >= 4 is 28.9 Å². The Balaban J connectivity index is 3.33. The molecule has 0 rings (SSSR count). The van der Waals surface area contributed by atoms with Crippen molar-refractivity contribution in [2.45, 2.75) is 96.1 Å². The van der Waals surface area contributed by atoms with Crippen molar-refractivity contribution in [3.63, 3.8) is 0 Å². The second-order valence-electron chi connectivity index (χ2n) is 5.93. The molecular formula is C16H33Cl2FSi. The van der Waals surface area contributed by atoms with E-state index in [0.29, 0.717) is 6.42 Å². The molecule has 20 heavy (non-hydrogen) atoms. The average Bonchev–Trinajstić information content (AvgIpc) is 2.41. The van der Waals surface area contributed by atoms with Gasteiger partial charge in [0.15, 0.2) is 0 Å². The van der Waals surface area contributed by atoms with Gasteiger partial charge in [0.1, 0.15) is 0 Å². The van der Waals surface area contributed by atoms with Crippen molar-refractivity contribution in [3.8, 4) is 0 Å². The largest absolute Gasteiger partial charge is 0.251 e. The number of hydrogen-bond donors (Lipinski definition) is 0. The number of hydrogen-bond acceptors (Lipinski definition) is 0. The van der Waals surface area contributed by atoms with Crippen molar-refractivity contribution in [1.82, 2.24) is 0 Å². The highest BCUT2D eigenvalue weighted by Crippen LogP contribution is 2.30. The minimum Gasteiger partial charge on any atom is -0.251 e. The molecule has 0 N–H and O–H groups in total. The third-order valence-corrected chi connectivity index (χ3v) is 8.26. The van der Waals surface area contributed by atoms with Gasteiger partial charge in [0.05, 0.1) is 6.67 Å². The Bertz CT molecular complexity index is 201. The molecule has 0 aliphatic heterocycles. The van der Waals surface area contributed by atoms with Gasteiger partial charge >= 0.3 is 0 Å². The quantitative estimate of drug-likeness (QED) is 0.163. The molecule has 0 aliphatic carbocycles. The fourth-order valence-electron chi connectivity index (χ4n) is 2.47. The first-order valence-electron chi connectivity index (χ1n) is 8.56. The van der Waals surface area contributed by atoms with E-state index in [1.807, 2.05) is 0 Å². The van der Waals surface area contributed by atoms with E-state index in [9.17, 15) is 4.39 Å². The Labute approximate surface area is 136 Å². The Morgan fingerprint density at radius 3 is 1.50 bits per heavy atom. The lowest BCUT2D eigenvalue weighted by molar-refractivity contribution is 0.455. The summed E-state index contributed by atoms with van der Waals surface area (Å²) in [4.78, 5) is 0. The topological polar surface area (TPSA) is 0 Å². The maximum absolute atomic E-state index is 11.9. The summed E-state index contributed by atoms with van der Waals surface area (Å²) in [6, 6.07) is 2.02. The molecule has 0 unspecified atom stereocenters. The van der Waals surface area contributed by atoms with Crippen molar-refractivity contribution < 1.29 is 4.39 Å². The van der Waals surface area contributed by atoms with E-state index in [1.54, 1.807) is 0 Å². The van der Waals surface area contributed by atoms with Crippen molar-refractivity contribution in [3.05, 3.63) is 0 Å². The van der Waals surface area contributed by atoms with Crippen LogP contribution in [-0.2, 0) is 0 Å². The van der Waals surface area contributed by atoms with Gasteiger partial charge < -0.3 is 0 Å². The highest BCUT2D eigenvalue weighted by molar-refractivity contribution is 7.45. The van der Waals surface area contributed by atoms with E-state index >= 15 is 0 Å². The van der Waals surface area contributed by atoms with Crippen LogP contribution >= 0.6 is 22.2 Å². The number of rotatable bonds is 15. The third-order valence-electron chi connectivity index (χ3n) is 3.82. The molecule has 122 valence electrons. The highest BCUT2D eigenvalue weighted by atomic mass is 35.7. The molecule has 0 aromatic rings. The summed E-state index contributed by atoms with van der Waals surface area (Å²) in [5.41, 5.74) is 0. The molecule has 4 heteroatoms. The third kappa shape index (κ3) is 15.1. The number of alkyl halides is 1. The van der Waals surface area contributed by atoms with Crippen LogP contribution in [0.15, 0.2) is 0 Å². The maximum Gasteiger partial charge on any atom is 0.251 e. The van der Waals surface area contributed by atoms with Crippen LogP contribution in [0, 0.1) is 0 Å². The molecule has 0 aromatic heterocycles. The standard InChI is InChI=1S/C16H33Cl2FSi/c1-2-3-4-5-6-7-9-12-15-20(17,18)16-13-10-8-11-14-19/h2-16H2,1H3. The first-order chi connectivity index (χ1) is 9.62. The maximum atomic E-state index is 11.9. The van der Waals surface area contributed by atoms with Gasteiger partial charge in [-0.25, -0.2) is 0 Å². The zero-order chi connectivity index (χ0) is 15.1. The van der Waals surface area contributed by atoms with Gasteiger partial charge in [-0.15, -0.1) is 22.2 Å². The second-order valence-corrected chi connectivity index (χ2v) is 13.6. The van der Waals surface area contributed by atoms with E-state index in [-0.39, 0.29) is 6.67 Å². The van der Waals surface area contributed by atoms with E-state index in [4.69, 9.17) is 22.2 Å². The van der Waals surface area contributed by atoms with Gasteiger partial charge in [-0.3, -0.25) is 4.39 Å². The molecule has 0 radical (unpaired) electrons. The van der Waals surface area contributed by atoms with Crippen molar-refractivity contribution in [2.75, 3.05) is 6.67 Å². The molecular weight excluding hydrogens is 310 g/mol. The second kappa shape index (κ2) is 14.7. The summed E-state index contributed by atoms with van der Waals surface area (Å²) in [5.74, 6) is 0. The van der Waals surface area contributed by atoms with Gasteiger partial charge in [-0.1, -0.05) is 77.6 Å². The van der Waals surface area contributed by atoms with Gasteiger partial charge in [0.25, 0.3) is 6.69 Å². The van der Waals surface area contributed by atoms with Crippen LogP contribution in [0.3, 0.4) is 0 Å². The van der Waals surface area contributed by atoms with Gasteiger partial charge in [-0.2, -0.15) is 0 Å². The molecule has 0 atom stereocenters. The normalized spacial score (nSPS) is 12.0. The Kier molecular flexibility index (Phi) is 15.2. The van der Waals surface area contributed by atoms with Crippen LogP contribution in [0.2, 0.25) is 12.1 Å². The van der Waals surface area contributed by atoms with Crippen LogP contribution in [0.5, 0.6) is 0 Å². The van der Waals surface area contributed by atoms with Crippen LogP contribution in [0.1, 0.15) is 84.0 Å². The minimum atomic E-state index is -1.99. The van der Waals surface area contributed by atoms with Crippen LogP contribution < -0.4 is 0 Å².